The molecule has 9 heteroatoms. The first kappa shape index (κ1) is 19.6. The number of sulfonamides is 2. The van der Waals surface area contributed by atoms with E-state index in [-0.39, 0.29) is 23.7 Å². The number of nitrogens with one attached hydrogen (secondary N) is 2. The quantitative estimate of drug-likeness (QED) is 0.635. The van der Waals surface area contributed by atoms with E-state index < -0.39 is 20.0 Å². The standard InChI is InChI=1S/C16H22N2O5S2/c1-3-24(19,20)17-11-6-12-18-25(21,22)16-10-9-15(23-2)13-7-4-5-8-14(13)16/h4-5,7-10,17-18H,3,6,11-12H2,1-2H3. The van der Waals surface area contributed by atoms with Gasteiger partial charge >= 0.3 is 0 Å². The summed E-state index contributed by atoms with van der Waals surface area (Å²) in [6, 6.07) is 10.2. The lowest BCUT2D eigenvalue weighted by molar-refractivity contribution is 0.419. The molecule has 2 rings (SSSR count). The van der Waals surface area contributed by atoms with Crippen LogP contribution in [-0.4, -0.2) is 42.8 Å². The molecule has 0 radical (unpaired) electrons. The van der Waals surface area contributed by atoms with E-state index in [0.29, 0.717) is 22.9 Å². The van der Waals surface area contributed by atoms with Crippen molar-refractivity contribution in [1.29, 1.82) is 0 Å². The number of hydrogen-bond acceptors (Lipinski definition) is 5. The van der Waals surface area contributed by atoms with Crippen molar-refractivity contribution < 1.29 is 21.6 Å². The molecule has 2 N–H and O–H groups in total. The first-order valence-electron chi connectivity index (χ1n) is 7.83. The van der Waals surface area contributed by atoms with Crippen LogP contribution in [-0.2, 0) is 20.0 Å². The molecule has 0 aromatic heterocycles. The number of methoxy groups -OCH3 is 1. The van der Waals surface area contributed by atoms with Crippen LogP contribution in [0.2, 0.25) is 0 Å². The summed E-state index contributed by atoms with van der Waals surface area (Å²) in [5.74, 6) is 0.597. The summed E-state index contributed by atoms with van der Waals surface area (Å²) in [4.78, 5) is 0.165. The Hall–Kier alpha value is -1.68. The zero-order valence-corrected chi connectivity index (χ0v) is 15.8. The molecule has 0 spiro atoms. The highest BCUT2D eigenvalue weighted by Gasteiger charge is 2.18. The summed E-state index contributed by atoms with van der Waals surface area (Å²) >= 11 is 0. The molecule has 7 nitrogen and oxygen atoms in total. The Labute approximate surface area is 148 Å². The van der Waals surface area contributed by atoms with Crippen LogP contribution in [0.5, 0.6) is 5.75 Å². The predicted molar refractivity (Wildman–Crippen MR) is 97.8 cm³/mol. The van der Waals surface area contributed by atoms with E-state index in [0.717, 1.165) is 0 Å². The second-order valence-electron chi connectivity index (χ2n) is 5.36. The molecule has 2 aromatic rings. The maximum Gasteiger partial charge on any atom is 0.241 e. The molecule has 0 amide bonds. The minimum absolute atomic E-state index is 0.00341. The summed E-state index contributed by atoms with van der Waals surface area (Å²) in [5, 5.41) is 1.28. The molecule has 0 unspecified atom stereocenters. The average molecular weight is 386 g/mol. The van der Waals surface area contributed by atoms with Crippen molar-refractivity contribution >= 4 is 30.8 Å². The third-order valence-electron chi connectivity index (χ3n) is 3.70. The Morgan fingerprint density at radius 2 is 1.56 bits per heavy atom. The smallest absolute Gasteiger partial charge is 0.241 e. The number of fused-ring (bicyclic) bond motifs is 1. The Kier molecular flexibility index (Phi) is 6.39. The minimum Gasteiger partial charge on any atom is -0.496 e. The third-order valence-corrected chi connectivity index (χ3v) is 6.62. The molecule has 0 bridgehead atoms. The average Bonchev–Trinajstić information content (AvgIpc) is 2.60. The molecule has 2 aromatic carbocycles. The molecule has 0 fully saturated rings. The summed E-state index contributed by atoms with van der Waals surface area (Å²) in [6.45, 7) is 1.86. The Bertz CT molecular complexity index is 940. The van der Waals surface area contributed by atoms with Gasteiger partial charge in [-0.15, -0.1) is 0 Å². The van der Waals surface area contributed by atoms with E-state index in [2.05, 4.69) is 9.44 Å². The van der Waals surface area contributed by atoms with Gasteiger partial charge in [0.15, 0.2) is 0 Å². The molecular formula is C16H22N2O5S2. The minimum atomic E-state index is -3.72. The SMILES string of the molecule is CCS(=O)(=O)NCCCNS(=O)(=O)c1ccc(OC)c2ccccc12. The second-order valence-corrected chi connectivity index (χ2v) is 9.19. The maximum absolute atomic E-state index is 12.6. The van der Waals surface area contributed by atoms with Crippen LogP contribution in [0.15, 0.2) is 41.3 Å². The molecule has 0 saturated carbocycles. The van der Waals surface area contributed by atoms with Crippen molar-refractivity contribution in [2.75, 3.05) is 26.0 Å². The van der Waals surface area contributed by atoms with Gasteiger partial charge in [0.25, 0.3) is 0 Å². The third kappa shape index (κ3) is 4.91. The van der Waals surface area contributed by atoms with E-state index in [4.69, 9.17) is 4.74 Å². The van der Waals surface area contributed by atoms with E-state index in [1.807, 2.05) is 6.07 Å². The van der Waals surface area contributed by atoms with Crippen LogP contribution in [0.4, 0.5) is 0 Å². The van der Waals surface area contributed by atoms with Gasteiger partial charge in [0, 0.05) is 23.9 Å². The highest BCUT2D eigenvalue weighted by molar-refractivity contribution is 7.89. The van der Waals surface area contributed by atoms with Crippen LogP contribution >= 0.6 is 0 Å². The predicted octanol–water partition coefficient (Wildman–Crippen LogP) is 1.46. The number of rotatable bonds is 9. The molecule has 0 aliphatic carbocycles. The van der Waals surface area contributed by atoms with Crippen molar-refractivity contribution in [3.63, 3.8) is 0 Å². The first-order valence-corrected chi connectivity index (χ1v) is 11.0. The van der Waals surface area contributed by atoms with Crippen molar-refractivity contribution in [2.45, 2.75) is 18.2 Å². The highest BCUT2D eigenvalue weighted by Crippen LogP contribution is 2.30. The van der Waals surface area contributed by atoms with E-state index in [1.54, 1.807) is 31.2 Å². The molecule has 0 atom stereocenters. The van der Waals surface area contributed by atoms with Crippen LogP contribution in [0.3, 0.4) is 0 Å². The van der Waals surface area contributed by atoms with E-state index >= 15 is 0 Å². The Morgan fingerprint density at radius 3 is 2.20 bits per heavy atom. The Balaban J connectivity index is 2.11. The van der Waals surface area contributed by atoms with Crippen molar-refractivity contribution in [1.82, 2.24) is 9.44 Å². The number of hydrogen-bond donors (Lipinski definition) is 2. The monoisotopic (exact) mass is 386 g/mol. The molecule has 138 valence electrons. The summed E-state index contributed by atoms with van der Waals surface area (Å²) < 4.78 is 58.0. The van der Waals surface area contributed by atoms with Gasteiger partial charge in [-0.2, -0.15) is 0 Å². The first-order chi connectivity index (χ1) is 11.8. The zero-order chi connectivity index (χ0) is 18.5. The van der Waals surface area contributed by atoms with Gasteiger partial charge in [-0.1, -0.05) is 24.3 Å². The molecule has 0 saturated heterocycles. The molecular weight excluding hydrogens is 364 g/mol. The summed E-state index contributed by atoms with van der Waals surface area (Å²) in [7, 11) is -5.45. The van der Waals surface area contributed by atoms with E-state index in [1.165, 1.54) is 13.2 Å². The van der Waals surface area contributed by atoms with Gasteiger partial charge in [0.1, 0.15) is 5.75 Å². The molecule has 0 aliphatic heterocycles. The van der Waals surface area contributed by atoms with Gasteiger partial charge in [0.05, 0.1) is 17.8 Å². The highest BCUT2D eigenvalue weighted by atomic mass is 32.2. The van der Waals surface area contributed by atoms with Gasteiger partial charge in [-0.3, -0.25) is 0 Å². The van der Waals surface area contributed by atoms with Gasteiger partial charge in [0.2, 0.25) is 20.0 Å². The van der Waals surface area contributed by atoms with Crippen LogP contribution in [0.1, 0.15) is 13.3 Å². The van der Waals surface area contributed by atoms with Gasteiger partial charge in [-0.05, 0) is 25.5 Å². The number of ether oxygens (including phenoxy) is 1. The molecule has 0 aliphatic rings. The zero-order valence-electron chi connectivity index (χ0n) is 14.2. The second kappa shape index (κ2) is 8.13. The van der Waals surface area contributed by atoms with Crippen LogP contribution < -0.4 is 14.2 Å². The fourth-order valence-corrected chi connectivity index (χ4v) is 4.30. The lowest BCUT2D eigenvalue weighted by Crippen LogP contribution is -2.30. The van der Waals surface area contributed by atoms with Crippen LogP contribution in [0.25, 0.3) is 10.8 Å². The van der Waals surface area contributed by atoms with Gasteiger partial charge in [-0.25, -0.2) is 26.3 Å². The Morgan fingerprint density at radius 1 is 0.920 bits per heavy atom. The normalized spacial score (nSPS) is 12.4. The maximum atomic E-state index is 12.6. The van der Waals surface area contributed by atoms with Crippen molar-refractivity contribution in [2.24, 2.45) is 0 Å². The topological polar surface area (TPSA) is 102 Å². The van der Waals surface area contributed by atoms with E-state index in [9.17, 15) is 16.8 Å². The number of benzene rings is 2. The molecule has 0 heterocycles. The van der Waals surface area contributed by atoms with Crippen molar-refractivity contribution in [3.05, 3.63) is 36.4 Å². The lowest BCUT2D eigenvalue weighted by Gasteiger charge is -2.12. The lowest BCUT2D eigenvalue weighted by atomic mass is 10.1. The molecule has 25 heavy (non-hydrogen) atoms. The van der Waals surface area contributed by atoms with Crippen LogP contribution in [0, 0.1) is 0 Å². The van der Waals surface area contributed by atoms with Gasteiger partial charge < -0.3 is 4.74 Å². The summed E-state index contributed by atoms with van der Waals surface area (Å²) in [5.41, 5.74) is 0. The largest absolute Gasteiger partial charge is 0.496 e. The fourth-order valence-electron chi connectivity index (χ4n) is 2.36. The summed E-state index contributed by atoms with van der Waals surface area (Å²) in [6.07, 6.45) is 0.354. The fraction of sp³-hybridized carbons (Fsp3) is 0.375. The van der Waals surface area contributed by atoms with Crippen molar-refractivity contribution in [3.8, 4) is 5.75 Å².